The minimum Gasteiger partial charge on any atom is -0.462 e. The van der Waals surface area contributed by atoms with Crippen molar-refractivity contribution in [1.82, 2.24) is 0 Å². The standard InChI is InChI=1S/C10H20O5Si.C6H10O3/c1-9(2)10(11)15-7-6-8-16(12-3,13-4)14-5;1(5-3-8-5)7-2-6-4-9-6/h1,6-8H2,2-5H3;5-6H,1-4H2. The normalized spacial score (nSPS) is 21.1. The molecule has 0 aliphatic carbocycles. The Morgan fingerprint density at radius 1 is 1.08 bits per heavy atom. The van der Waals surface area contributed by atoms with Gasteiger partial charge in [-0.3, -0.25) is 0 Å². The molecule has 2 fully saturated rings. The quantitative estimate of drug-likeness (QED) is 0.164. The van der Waals surface area contributed by atoms with E-state index >= 15 is 0 Å². The first-order chi connectivity index (χ1) is 12.0. The van der Waals surface area contributed by atoms with Gasteiger partial charge in [-0.15, -0.1) is 0 Å². The first-order valence-corrected chi connectivity index (χ1v) is 10.2. The second kappa shape index (κ2) is 11.7. The molecule has 2 saturated heterocycles. The van der Waals surface area contributed by atoms with Gasteiger partial charge in [-0.25, -0.2) is 4.79 Å². The minimum atomic E-state index is -2.53. The van der Waals surface area contributed by atoms with Crippen molar-refractivity contribution in [3.8, 4) is 0 Å². The van der Waals surface area contributed by atoms with E-state index in [1.54, 1.807) is 28.3 Å². The van der Waals surface area contributed by atoms with Crippen LogP contribution in [-0.2, 0) is 37.0 Å². The van der Waals surface area contributed by atoms with Crippen LogP contribution in [0.4, 0.5) is 0 Å². The molecule has 8 nitrogen and oxygen atoms in total. The minimum absolute atomic E-state index is 0.316. The van der Waals surface area contributed by atoms with Crippen LogP contribution in [0.5, 0.6) is 0 Å². The number of esters is 1. The summed E-state index contributed by atoms with van der Waals surface area (Å²) in [6, 6.07) is 0.611. The Morgan fingerprint density at radius 3 is 1.92 bits per heavy atom. The van der Waals surface area contributed by atoms with Gasteiger partial charge in [-0.05, 0) is 13.3 Å². The summed E-state index contributed by atoms with van der Waals surface area (Å²) in [6.45, 7) is 8.68. The maximum atomic E-state index is 11.1. The topological polar surface area (TPSA) is 88.3 Å². The highest BCUT2D eigenvalue weighted by Gasteiger charge is 2.37. The molecule has 2 aliphatic rings. The predicted octanol–water partition coefficient (Wildman–Crippen LogP) is 1.17. The van der Waals surface area contributed by atoms with Crippen molar-refractivity contribution >= 4 is 14.8 Å². The second-order valence-corrected chi connectivity index (χ2v) is 8.85. The molecule has 0 aromatic rings. The largest absolute Gasteiger partial charge is 0.500 e. The van der Waals surface area contributed by atoms with Gasteiger partial charge in [-0.2, -0.15) is 0 Å². The predicted molar refractivity (Wildman–Crippen MR) is 92.3 cm³/mol. The average molecular weight is 378 g/mol. The summed E-state index contributed by atoms with van der Waals surface area (Å²) in [7, 11) is 2.13. The van der Waals surface area contributed by atoms with Gasteiger partial charge >= 0.3 is 14.8 Å². The lowest BCUT2D eigenvalue weighted by Gasteiger charge is -2.24. The molecule has 0 amide bonds. The van der Waals surface area contributed by atoms with Gasteiger partial charge in [-0.1, -0.05) is 6.58 Å². The molecular weight excluding hydrogens is 348 g/mol. The number of ether oxygens (including phenoxy) is 4. The Kier molecular flexibility index (Phi) is 10.4. The van der Waals surface area contributed by atoms with Crippen molar-refractivity contribution in [3.05, 3.63) is 12.2 Å². The number of carbonyl (C=O) groups excluding carboxylic acids is 1. The fraction of sp³-hybridized carbons (Fsp3) is 0.812. The number of epoxide rings is 2. The van der Waals surface area contributed by atoms with Crippen LogP contribution >= 0.6 is 0 Å². The lowest BCUT2D eigenvalue weighted by atomic mass is 10.4. The summed E-state index contributed by atoms with van der Waals surface area (Å²) in [5, 5.41) is 0. The van der Waals surface area contributed by atoms with Crippen molar-refractivity contribution in [2.45, 2.75) is 31.6 Å². The van der Waals surface area contributed by atoms with Gasteiger partial charge in [0, 0.05) is 32.9 Å². The van der Waals surface area contributed by atoms with Gasteiger partial charge in [0.2, 0.25) is 0 Å². The highest BCUT2D eigenvalue weighted by Crippen LogP contribution is 2.15. The van der Waals surface area contributed by atoms with Crippen LogP contribution in [-0.4, -0.2) is 81.3 Å². The van der Waals surface area contributed by atoms with Crippen LogP contribution in [0.25, 0.3) is 0 Å². The molecule has 2 heterocycles. The van der Waals surface area contributed by atoms with Gasteiger partial charge in [0.15, 0.2) is 0 Å². The van der Waals surface area contributed by atoms with Crippen LogP contribution in [0.15, 0.2) is 12.2 Å². The molecule has 2 atom stereocenters. The molecular formula is C16H30O8Si. The number of carbonyl (C=O) groups is 1. The third kappa shape index (κ3) is 10.0. The summed E-state index contributed by atoms with van der Waals surface area (Å²) in [5.41, 5.74) is 0.397. The van der Waals surface area contributed by atoms with Crippen molar-refractivity contribution < 1.29 is 37.0 Å². The molecule has 0 radical (unpaired) electrons. The van der Waals surface area contributed by atoms with E-state index in [4.69, 9.17) is 32.2 Å². The Hall–Kier alpha value is -0.813. The molecule has 146 valence electrons. The zero-order valence-corrected chi connectivity index (χ0v) is 16.6. The van der Waals surface area contributed by atoms with Crippen LogP contribution in [0.3, 0.4) is 0 Å². The zero-order valence-electron chi connectivity index (χ0n) is 15.6. The van der Waals surface area contributed by atoms with Crippen LogP contribution in [0.2, 0.25) is 6.04 Å². The van der Waals surface area contributed by atoms with E-state index in [0.29, 0.717) is 36.9 Å². The summed E-state index contributed by atoms with van der Waals surface area (Å²) >= 11 is 0. The number of hydrogen-bond donors (Lipinski definition) is 0. The van der Waals surface area contributed by atoms with E-state index in [0.717, 1.165) is 26.4 Å². The van der Waals surface area contributed by atoms with Gasteiger partial charge < -0.3 is 32.2 Å². The highest BCUT2D eigenvalue weighted by molar-refractivity contribution is 6.60. The van der Waals surface area contributed by atoms with E-state index < -0.39 is 8.80 Å². The molecule has 0 saturated carbocycles. The summed E-state index contributed by atoms with van der Waals surface area (Å²) in [4.78, 5) is 11.1. The highest BCUT2D eigenvalue weighted by atomic mass is 28.4. The third-order valence-electron chi connectivity index (χ3n) is 3.55. The third-order valence-corrected chi connectivity index (χ3v) is 6.39. The Morgan fingerprint density at radius 2 is 1.56 bits per heavy atom. The maximum Gasteiger partial charge on any atom is 0.500 e. The van der Waals surface area contributed by atoms with E-state index in [-0.39, 0.29) is 5.97 Å². The van der Waals surface area contributed by atoms with Gasteiger partial charge in [0.25, 0.3) is 0 Å². The van der Waals surface area contributed by atoms with Crippen molar-refractivity contribution in [3.63, 3.8) is 0 Å². The Balaban J connectivity index is 0.000000286. The monoisotopic (exact) mass is 378 g/mol. The number of hydrogen-bond acceptors (Lipinski definition) is 8. The molecule has 2 unspecified atom stereocenters. The van der Waals surface area contributed by atoms with Crippen molar-refractivity contribution in [2.24, 2.45) is 0 Å². The van der Waals surface area contributed by atoms with E-state index in [2.05, 4.69) is 6.58 Å². The van der Waals surface area contributed by atoms with Gasteiger partial charge in [0.1, 0.15) is 12.2 Å². The second-order valence-electron chi connectivity index (χ2n) is 5.76. The molecule has 0 N–H and O–H groups in total. The van der Waals surface area contributed by atoms with Crippen molar-refractivity contribution in [1.29, 1.82) is 0 Å². The lowest BCUT2D eigenvalue weighted by Crippen LogP contribution is -2.42. The molecule has 25 heavy (non-hydrogen) atoms. The molecule has 9 heteroatoms. The van der Waals surface area contributed by atoms with Gasteiger partial charge in [0.05, 0.1) is 33.0 Å². The average Bonchev–Trinajstić information content (AvgIpc) is 3.51. The van der Waals surface area contributed by atoms with Crippen molar-refractivity contribution in [2.75, 3.05) is 54.4 Å². The smallest absolute Gasteiger partial charge is 0.462 e. The summed E-state index contributed by atoms with van der Waals surface area (Å²) in [5.74, 6) is -0.375. The SMILES string of the molecule is C(OCC1CO1)C1CO1.C=C(C)C(=O)OCCC[Si](OC)(OC)OC. The van der Waals surface area contributed by atoms with Crippen LogP contribution in [0, 0.1) is 0 Å². The molecule has 0 aromatic carbocycles. The Labute approximate surface area is 150 Å². The maximum absolute atomic E-state index is 11.1. The summed E-state index contributed by atoms with van der Waals surface area (Å²) in [6.07, 6.45) is 1.42. The zero-order chi connectivity index (χ0) is 18.7. The van der Waals surface area contributed by atoms with E-state index in [1.165, 1.54) is 0 Å². The molecule has 0 aromatic heterocycles. The van der Waals surface area contributed by atoms with Crippen LogP contribution < -0.4 is 0 Å². The first-order valence-electron chi connectivity index (χ1n) is 8.25. The molecule has 2 aliphatic heterocycles. The molecule has 2 rings (SSSR count). The fourth-order valence-corrected chi connectivity index (χ4v) is 3.48. The molecule has 0 spiro atoms. The van der Waals surface area contributed by atoms with E-state index in [9.17, 15) is 4.79 Å². The lowest BCUT2D eigenvalue weighted by molar-refractivity contribution is -0.139. The van der Waals surface area contributed by atoms with Crippen LogP contribution in [0.1, 0.15) is 13.3 Å². The molecule has 0 bridgehead atoms. The summed E-state index contributed by atoms with van der Waals surface area (Å²) < 4.78 is 35.8. The first kappa shape index (κ1) is 22.2. The number of rotatable bonds is 12. The Bertz CT molecular complexity index is 385. The van der Waals surface area contributed by atoms with E-state index in [1.807, 2.05) is 0 Å². The fourth-order valence-electron chi connectivity index (χ4n) is 1.79.